The summed E-state index contributed by atoms with van der Waals surface area (Å²) in [7, 11) is -4.44. The molecule has 0 aliphatic carbocycles. The van der Waals surface area contributed by atoms with E-state index in [0.717, 1.165) is 35.3 Å². The van der Waals surface area contributed by atoms with Gasteiger partial charge in [-0.05, 0) is 54.1 Å². The molecule has 0 N–H and O–H groups in total. The molecule has 1 fully saturated rings. The molecule has 1 unspecified atom stereocenters. The molecule has 1 atom stereocenters. The zero-order valence-electron chi connectivity index (χ0n) is 18.0. The molecule has 0 spiro atoms. The Balaban J connectivity index is 1.54. The number of ether oxygens (including phenoxy) is 2. The minimum Gasteiger partial charge on any atom is -0.493 e. The van der Waals surface area contributed by atoms with Gasteiger partial charge in [0, 0.05) is 31.0 Å². The predicted octanol–water partition coefficient (Wildman–Crippen LogP) is 5.02. The quantitative estimate of drug-likeness (QED) is 0.398. The number of nitrogens with zero attached hydrogens (tertiary/aromatic N) is 1. The number of hydrogen-bond acceptors (Lipinski definition) is 5. The third kappa shape index (κ3) is 5.97. The van der Waals surface area contributed by atoms with E-state index in [9.17, 15) is 17.2 Å². The molecule has 0 saturated carbocycles. The molecule has 2 aromatic carbocycles. The van der Waals surface area contributed by atoms with E-state index in [1.807, 2.05) is 17.5 Å². The van der Waals surface area contributed by atoms with Crippen LogP contribution in [0.2, 0.25) is 0 Å². The molecule has 1 aliphatic heterocycles. The van der Waals surface area contributed by atoms with Crippen LogP contribution in [0.3, 0.4) is 0 Å². The van der Waals surface area contributed by atoms with Gasteiger partial charge in [0.1, 0.15) is 17.4 Å². The second kappa shape index (κ2) is 10.7. The van der Waals surface area contributed by atoms with Crippen LogP contribution in [0.25, 0.3) is 0 Å². The van der Waals surface area contributed by atoms with Crippen molar-refractivity contribution in [2.24, 2.45) is 0 Å². The van der Waals surface area contributed by atoms with Crippen LogP contribution in [0.4, 0.5) is 8.78 Å². The van der Waals surface area contributed by atoms with E-state index in [2.05, 4.69) is 0 Å². The molecule has 5 nitrogen and oxygen atoms in total. The summed E-state index contributed by atoms with van der Waals surface area (Å²) in [6.07, 6.45) is 1.96. The van der Waals surface area contributed by atoms with Gasteiger partial charge >= 0.3 is 0 Å². The molecule has 0 amide bonds. The predicted molar refractivity (Wildman–Crippen MR) is 123 cm³/mol. The molecular weight excluding hydrogens is 468 g/mol. The highest BCUT2D eigenvalue weighted by Crippen LogP contribution is 2.27. The van der Waals surface area contributed by atoms with Crippen molar-refractivity contribution in [2.75, 3.05) is 19.8 Å². The topological polar surface area (TPSA) is 55.8 Å². The maximum absolute atomic E-state index is 14.4. The summed E-state index contributed by atoms with van der Waals surface area (Å²) in [6.45, 7) is 0.986. The van der Waals surface area contributed by atoms with E-state index in [1.54, 1.807) is 35.6 Å². The van der Waals surface area contributed by atoms with Crippen molar-refractivity contribution >= 4 is 21.4 Å². The van der Waals surface area contributed by atoms with Crippen LogP contribution >= 0.6 is 11.3 Å². The van der Waals surface area contributed by atoms with E-state index in [4.69, 9.17) is 9.47 Å². The first-order valence-electron chi connectivity index (χ1n) is 10.7. The standard InChI is InChI=1S/C24H25F2NO4S2/c25-22-9-2-10-23(26)24(22)33(28,29)27(17-20-7-3-12-30-20)16-18-5-1-6-19(15-18)31-13-11-21-8-4-14-32-21/h1-2,4-6,8-10,14-15,20H,3,7,11-13,16-17H2. The lowest BCUT2D eigenvalue weighted by Crippen LogP contribution is -2.37. The van der Waals surface area contributed by atoms with Gasteiger partial charge in [-0.2, -0.15) is 4.31 Å². The molecule has 1 aromatic heterocycles. The molecule has 4 rings (SSSR count). The van der Waals surface area contributed by atoms with Gasteiger partial charge in [0.25, 0.3) is 0 Å². The highest BCUT2D eigenvalue weighted by Gasteiger charge is 2.33. The van der Waals surface area contributed by atoms with Crippen molar-refractivity contribution < 1.29 is 26.7 Å². The first-order valence-corrected chi connectivity index (χ1v) is 13.1. The SMILES string of the molecule is O=S(=O)(c1c(F)cccc1F)N(Cc1cccc(OCCc2cccs2)c1)CC1CCCO1. The summed E-state index contributed by atoms with van der Waals surface area (Å²) in [5.74, 6) is -1.62. The minimum absolute atomic E-state index is 0.0135. The fourth-order valence-corrected chi connectivity index (χ4v) is 6.04. The van der Waals surface area contributed by atoms with Crippen LogP contribution in [0.15, 0.2) is 64.9 Å². The monoisotopic (exact) mass is 493 g/mol. The Hall–Kier alpha value is -2.33. The number of thiophene rings is 1. The van der Waals surface area contributed by atoms with Gasteiger partial charge < -0.3 is 9.47 Å². The van der Waals surface area contributed by atoms with Crippen molar-refractivity contribution in [1.29, 1.82) is 0 Å². The average molecular weight is 494 g/mol. The van der Waals surface area contributed by atoms with Gasteiger partial charge in [-0.3, -0.25) is 0 Å². The van der Waals surface area contributed by atoms with Gasteiger partial charge in [0.2, 0.25) is 10.0 Å². The van der Waals surface area contributed by atoms with E-state index in [1.165, 1.54) is 4.88 Å². The molecule has 3 aromatic rings. The Morgan fingerprint density at radius 3 is 2.58 bits per heavy atom. The van der Waals surface area contributed by atoms with Gasteiger partial charge in [0.05, 0.1) is 12.7 Å². The van der Waals surface area contributed by atoms with Crippen LogP contribution in [-0.2, 0) is 27.7 Å². The molecule has 9 heteroatoms. The van der Waals surface area contributed by atoms with E-state index in [-0.39, 0.29) is 19.2 Å². The third-order valence-electron chi connectivity index (χ3n) is 5.40. The summed E-state index contributed by atoms with van der Waals surface area (Å²) < 4.78 is 67.9. The first-order chi connectivity index (χ1) is 15.9. The third-order valence-corrected chi connectivity index (χ3v) is 8.20. The maximum Gasteiger partial charge on any atom is 0.249 e. The Bertz CT molecular complexity index is 1140. The molecule has 0 radical (unpaired) electrons. The molecular formula is C24H25F2NO4S2. The lowest BCUT2D eigenvalue weighted by Gasteiger charge is -2.25. The van der Waals surface area contributed by atoms with Crippen molar-refractivity contribution in [2.45, 2.75) is 36.8 Å². The van der Waals surface area contributed by atoms with Gasteiger partial charge in [-0.15, -0.1) is 11.3 Å². The van der Waals surface area contributed by atoms with E-state index < -0.39 is 26.6 Å². The first kappa shape index (κ1) is 23.8. The number of rotatable bonds is 10. The average Bonchev–Trinajstić information content (AvgIpc) is 3.48. The van der Waals surface area contributed by atoms with Gasteiger partial charge in [-0.1, -0.05) is 24.3 Å². The molecule has 33 heavy (non-hydrogen) atoms. The normalized spacial score (nSPS) is 16.4. The minimum atomic E-state index is -4.44. The summed E-state index contributed by atoms with van der Waals surface area (Å²) in [5, 5.41) is 2.01. The molecule has 176 valence electrons. The summed E-state index contributed by atoms with van der Waals surface area (Å²) >= 11 is 1.66. The second-order valence-corrected chi connectivity index (χ2v) is 10.7. The maximum atomic E-state index is 14.4. The number of sulfonamides is 1. The summed E-state index contributed by atoms with van der Waals surface area (Å²) in [6, 6.07) is 14.2. The van der Waals surface area contributed by atoms with E-state index in [0.29, 0.717) is 30.9 Å². The van der Waals surface area contributed by atoms with Crippen LogP contribution in [-0.4, -0.2) is 38.6 Å². The van der Waals surface area contributed by atoms with Crippen molar-refractivity contribution in [3.8, 4) is 5.75 Å². The van der Waals surface area contributed by atoms with Gasteiger partial charge in [0.15, 0.2) is 4.90 Å². The highest BCUT2D eigenvalue weighted by atomic mass is 32.2. The molecule has 0 bridgehead atoms. The fraction of sp³-hybridized carbons (Fsp3) is 0.333. The molecule has 1 aliphatic rings. The zero-order valence-corrected chi connectivity index (χ0v) is 19.6. The lowest BCUT2D eigenvalue weighted by atomic mass is 10.2. The fourth-order valence-electron chi connectivity index (χ4n) is 3.78. The lowest BCUT2D eigenvalue weighted by molar-refractivity contribution is 0.0924. The molecule has 2 heterocycles. The Morgan fingerprint density at radius 2 is 1.88 bits per heavy atom. The Kier molecular flexibility index (Phi) is 7.75. The largest absolute Gasteiger partial charge is 0.493 e. The highest BCUT2D eigenvalue weighted by molar-refractivity contribution is 7.89. The van der Waals surface area contributed by atoms with Crippen molar-refractivity contribution in [3.63, 3.8) is 0 Å². The van der Waals surface area contributed by atoms with Gasteiger partial charge in [-0.25, -0.2) is 17.2 Å². The summed E-state index contributed by atoms with van der Waals surface area (Å²) in [4.78, 5) is 0.276. The summed E-state index contributed by atoms with van der Waals surface area (Å²) in [5.41, 5.74) is 0.655. The van der Waals surface area contributed by atoms with Crippen LogP contribution in [0.1, 0.15) is 23.3 Å². The van der Waals surface area contributed by atoms with Crippen molar-refractivity contribution in [1.82, 2.24) is 4.31 Å². The Morgan fingerprint density at radius 1 is 1.09 bits per heavy atom. The Labute approximate surface area is 196 Å². The second-order valence-electron chi connectivity index (χ2n) is 7.81. The van der Waals surface area contributed by atoms with Crippen LogP contribution in [0, 0.1) is 11.6 Å². The van der Waals surface area contributed by atoms with Crippen molar-refractivity contribution in [3.05, 3.63) is 82.1 Å². The van der Waals surface area contributed by atoms with Crippen LogP contribution < -0.4 is 4.74 Å². The number of benzene rings is 2. The number of hydrogen-bond donors (Lipinski definition) is 0. The molecule has 1 saturated heterocycles. The van der Waals surface area contributed by atoms with Crippen LogP contribution in [0.5, 0.6) is 5.75 Å². The zero-order chi connectivity index (χ0) is 23.3. The van der Waals surface area contributed by atoms with E-state index >= 15 is 0 Å². The smallest absolute Gasteiger partial charge is 0.249 e. The number of halogens is 2.